The van der Waals surface area contributed by atoms with Crippen LogP contribution >= 0.6 is 15.9 Å². The molecule has 0 saturated heterocycles. The Bertz CT molecular complexity index is 261. The van der Waals surface area contributed by atoms with E-state index in [1.54, 1.807) is 12.1 Å². The van der Waals surface area contributed by atoms with Crippen LogP contribution in [0.5, 0.6) is 11.5 Å². The molecule has 0 radical (unpaired) electrons. The van der Waals surface area contributed by atoms with Gasteiger partial charge in [0.05, 0.1) is 6.61 Å². The van der Waals surface area contributed by atoms with Crippen molar-refractivity contribution in [2.45, 2.75) is 12.3 Å². The van der Waals surface area contributed by atoms with Crippen molar-refractivity contribution in [3.05, 3.63) is 23.8 Å². The van der Waals surface area contributed by atoms with E-state index < -0.39 is 0 Å². The highest BCUT2D eigenvalue weighted by molar-refractivity contribution is 9.08. The minimum Gasteiger partial charge on any atom is -0.508 e. The molecule has 2 nitrogen and oxygen atoms in total. The summed E-state index contributed by atoms with van der Waals surface area (Å²) in [6.45, 7) is 2.58. The van der Waals surface area contributed by atoms with Gasteiger partial charge in [-0.15, -0.1) is 0 Å². The van der Waals surface area contributed by atoms with E-state index in [0.29, 0.717) is 17.7 Å². The van der Waals surface area contributed by atoms with Crippen LogP contribution in [0.15, 0.2) is 18.2 Å². The van der Waals surface area contributed by atoms with Crippen LogP contribution in [-0.4, -0.2) is 11.7 Å². The summed E-state index contributed by atoms with van der Waals surface area (Å²) in [5.41, 5.74) is 0.848. The van der Waals surface area contributed by atoms with E-state index in [4.69, 9.17) is 4.74 Å². The summed E-state index contributed by atoms with van der Waals surface area (Å²) in [6.07, 6.45) is 0. The van der Waals surface area contributed by atoms with Gasteiger partial charge in [0.1, 0.15) is 11.5 Å². The summed E-state index contributed by atoms with van der Waals surface area (Å²) in [6, 6.07) is 5.22. The van der Waals surface area contributed by atoms with Gasteiger partial charge in [-0.1, -0.05) is 15.9 Å². The fourth-order valence-electron chi connectivity index (χ4n) is 0.925. The molecule has 0 aromatic heterocycles. The van der Waals surface area contributed by atoms with Crippen LogP contribution in [0.1, 0.15) is 12.5 Å². The topological polar surface area (TPSA) is 29.5 Å². The van der Waals surface area contributed by atoms with Crippen molar-refractivity contribution in [3.8, 4) is 11.5 Å². The molecule has 0 atom stereocenters. The number of rotatable bonds is 3. The fraction of sp³-hybridized carbons (Fsp3) is 0.333. The molecule has 12 heavy (non-hydrogen) atoms. The van der Waals surface area contributed by atoms with E-state index in [-0.39, 0.29) is 0 Å². The van der Waals surface area contributed by atoms with Gasteiger partial charge in [-0.25, -0.2) is 0 Å². The summed E-state index contributed by atoms with van der Waals surface area (Å²) < 4.78 is 5.27. The Morgan fingerprint density at radius 3 is 2.83 bits per heavy atom. The van der Waals surface area contributed by atoms with Gasteiger partial charge in [-0.2, -0.15) is 0 Å². The SMILES string of the molecule is CCOc1ccc(O)c(CBr)c1. The molecule has 0 fully saturated rings. The second kappa shape index (κ2) is 4.36. The normalized spacial score (nSPS) is 9.83. The van der Waals surface area contributed by atoms with Gasteiger partial charge in [0.25, 0.3) is 0 Å². The smallest absolute Gasteiger partial charge is 0.119 e. The molecule has 1 rings (SSSR count). The molecule has 1 aromatic carbocycles. The third-order valence-electron chi connectivity index (χ3n) is 1.51. The van der Waals surface area contributed by atoms with Crippen molar-refractivity contribution < 1.29 is 9.84 Å². The maximum Gasteiger partial charge on any atom is 0.119 e. The van der Waals surface area contributed by atoms with Crippen molar-refractivity contribution in [2.75, 3.05) is 6.61 Å². The van der Waals surface area contributed by atoms with Crippen LogP contribution in [0.3, 0.4) is 0 Å². The highest BCUT2D eigenvalue weighted by Crippen LogP contribution is 2.24. The number of alkyl halides is 1. The second-order valence-electron chi connectivity index (χ2n) is 2.36. The second-order valence-corrected chi connectivity index (χ2v) is 2.92. The molecule has 0 unspecified atom stereocenters. The molecule has 3 heteroatoms. The average molecular weight is 231 g/mol. The summed E-state index contributed by atoms with van der Waals surface area (Å²) in [7, 11) is 0. The van der Waals surface area contributed by atoms with Gasteiger partial charge in [-0.3, -0.25) is 0 Å². The van der Waals surface area contributed by atoms with Crippen molar-refractivity contribution in [1.82, 2.24) is 0 Å². The molecule has 0 spiro atoms. The average Bonchev–Trinajstić information content (AvgIpc) is 2.09. The molecule has 0 saturated carbocycles. The first-order chi connectivity index (χ1) is 5.77. The first kappa shape index (κ1) is 9.39. The molecule has 0 aliphatic heterocycles. The third-order valence-corrected chi connectivity index (χ3v) is 2.11. The highest BCUT2D eigenvalue weighted by atomic mass is 79.9. The molecule has 1 N–H and O–H groups in total. The first-order valence-electron chi connectivity index (χ1n) is 3.78. The molecule has 0 amide bonds. The maximum absolute atomic E-state index is 9.32. The van der Waals surface area contributed by atoms with Gasteiger partial charge >= 0.3 is 0 Å². The summed E-state index contributed by atoms with van der Waals surface area (Å²) in [4.78, 5) is 0. The summed E-state index contributed by atoms with van der Waals surface area (Å²) in [5, 5.41) is 9.96. The fourth-order valence-corrected chi connectivity index (χ4v) is 1.37. The molecular weight excluding hydrogens is 220 g/mol. The van der Waals surface area contributed by atoms with Crippen molar-refractivity contribution in [3.63, 3.8) is 0 Å². The molecule has 0 bridgehead atoms. The van der Waals surface area contributed by atoms with Crippen molar-refractivity contribution >= 4 is 15.9 Å². The van der Waals surface area contributed by atoms with Gasteiger partial charge < -0.3 is 9.84 Å². The lowest BCUT2D eigenvalue weighted by Crippen LogP contribution is -1.91. The number of aromatic hydroxyl groups is 1. The Hall–Kier alpha value is -0.700. The van der Waals surface area contributed by atoms with E-state index in [1.165, 1.54) is 0 Å². The Morgan fingerprint density at radius 2 is 2.25 bits per heavy atom. The Labute approximate surface area is 80.3 Å². The largest absolute Gasteiger partial charge is 0.508 e. The summed E-state index contributed by atoms with van der Waals surface area (Å²) >= 11 is 3.28. The zero-order chi connectivity index (χ0) is 8.97. The zero-order valence-corrected chi connectivity index (χ0v) is 8.47. The van der Waals surface area contributed by atoms with Gasteiger partial charge in [0.15, 0.2) is 0 Å². The number of hydrogen-bond donors (Lipinski definition) is 1. The molecular formula is C9H11BrO2. The van der Waals surface area contributed by atoms with Gasteiger partial charge in [0.2, 0.25) is 0 Å². The Balaban J connectivity index is 2.89. The van der Waals surface area contributed by atoms with E-state index in [0.717, 1.165) is 11.3 Å². The first-order valence-corrected chi connectivity index (χ1v) is 4.90. The zero-order valence-electron chi connectivity index (χ0n) is 6.88. The Morgan fingerprint density at radius 1 is 1.50 bits per heavy atom. The third kappa shape index (κ3) is 2.14. The molecule has 0 heterocycles. The lowest BCUT2D eigenvalue weighted by atomic mass is 10.2. The van der Waals surface area contributed by atoms with Crippen molar-refractivity contribution in [1.29, 1.82) is 0 Å². The molecule has 0 aliphatic carbocycles. The van der Waals surface area contributed by atoms with Crippen LogP contribution in [0, 0.1) is 0 Å². The van der Waals surface area contributed by atoms with Crippen LogP contribution in [0.25, 0.3) is 0 Å². The van der Waals surface area contributed by atoms with E-state index in [1.807, 2.05) is 13.0 Å². The van der Waals surface area contributed by atoms with Crippen LogP contribution in [-0.2, 0) is 5.33 Å². The maximum atomic E-state index is 9.32. The predicted octanol–water partition coefficient (Wildman–Crippen LogP) is 2.69. The van der Waals surface area contributed by atoms with Crippen LogP contribution in [0.2, 0.25) is 0 Å². The highest BCUT2D eigenvalue weighted by Gasteiger charge is 2.00. The van der Waals surface area contributed by atoms with Gasteiger partial charge in [-0.05, 0) is 25.1 Å². The van der Waals surface area contributed by atoms with E-state index in [9.17, 15) is 5.11 Å². The molecule has 66 valence electrons. The monoisotopic (exact) mass is 230 g/mol. The summed E-state index contributed by atoms with van der Waals surface area (Å²) in [5.74, 6) is 1.10. The number of ether oxygens (including phenoxy) is 1. The lowest BCUT2D eigenvalue weighted by molar-refractivity contribution is 0.339. The number of halogens is 1. The van der Waals surface area contributed by atoms with E-state index >= 15 is 0 Å². The molecule has 0 aliphatic rings. The molecule has 1 aromatic rings. The number of phenols is 1. The standard InChI is InChI=1S/C9H11BrO2/c1-2-12-8-3-4-9(11)7(5-8)6-10/h3-5,11H,2,6H2,1H3. The van der Waals surface area contributed by atoms with Gasteiger partial charge in [0, 0.05) is 10.9 Å². The van der Waals surface area contributed by atoms with Crippen molar-refractivity contribution in [2.24, 2.45) is 0 Å². The van der Waals surface area contributed by atoms with Crippen LogP contribution in [0.4, 0.5) is 0 Å². The quantitative estimate of drug-likeness (QED) is 0.810. The van der Waals surface area contributed by atoms with E-state index in [2.05, 4.69) is 15.9 Å². The minimum atomic E-state index is 0.301. The minimum absolute atomic E-state index is 0.301. The number of benzene rings is 1. The lowest BCUT2D eigenvalue weighted by Gasteiger charge is -2.05. The van der Waals surface area contributed by atoms with Crippen LogP contribution < -0.4 is 4.74 Å². The number of phenolic OH excluding ortho intramolecular Hbond substituents is 1. The Kier molecular flexibility index (Phi) is 3.41. The predicted molar refractivity (Wildman–Crippen MR) is 51.9 cm³/mol. The number of hydrogen-bond acceptors (Lipinski definition) is 2.